The number of thiophene rings is 1. The van der Waals surface area contributed by atoms with E-state index in [4.69, 9.17) is 11.6 Å². The molecule has 0 aliphatic rings. The first-order valence-corrected chi connectivity index (χ1v) is 10.6. The van der Waals surface area contributed by atoms with Gasteiger partial charge < -0.3 is 10.0 Å². The van der Waals surface area contributed by atoms with E-state index < -0.39 is 5.97 Å². The number of carbonyl (C=O) groups is 1. The Bertz CT molecular complexity index is 983. The van der Waals surface area contributed by atoms with Gasteiger partial charge in [0.2, 0.25) is 0 Å². The SMILES string of the molecule is CC(C)N(c1cc(-c2ccc(F)cc2)sc1C(=O)O)C(C)Cc1ccc(Cl)cc1. The predicted molar refractivity (Wildman–Crippen MR) is 119 cm³/mol. The summed E-state index contributed by atoms with van der Waals surface area (Å²) in [7, 11) is 0. The number of halogens is 2. The summed E-state index contributed by atoms with van der Waals surface area (Å²) in [6.45, 7) is 6.20. The Kier molecular flexibility index (Phi) is 6.60. The van der Waals surface area contributed by atoms with Gasteiger partial charge in [-0.15, -0.1) is 11.3 Å². The Morgan fingerprint density at radius 3 is 2.28 bits per heavy atom. The van der Waals surface area contributed by atoms with Crippen molar-refractivity contribution in [3.05, 3.63) is 75.9 Å². The van der Waals surface area contributed by atoms with Crippen LogP contribution in [0.1, 0.15) is 36.0 Å². The van der Waals surface area contributed by atoms with E-state index in [0.29, 0.717) is 15.6 Å². The van der Waals surface area contributed by atoms with Gasteiger partial charge >= 0.3 is 5.97 Å². The van der Waals surface area contributed by atoms with E-state index in [-0.39, 0.29) is 17.9 Å². The molecular weight excluding hydrogens is 409 g/mol. The normalized spacial score (nSPS) is 12.2. The number of hydrogen-bond acceptors (Lipinski definition) is 3. The number of carboxylic acids is 1. The highest BCUT2D eigenvalue weighted by Crippen LogP contribution is 2.39. The van der Waals surface area contributed by atoms with Crippen molar-refractivity contribution in [2.75, 3.05) is 4.90 Å². The van der Waals surface area contributed by atoms with E-state index in [0.717, 1.165) is 22.4 Å². The van der Waals surface area contributed by atoms with Gasteiger partial charge in [-0.05, 0) is 68.7 Å². The maximum Gasteiger partial charge on any atom is 0.348 e. The number of hydrogen-bond donors (Lipinski definition) is 1. The van der Waals surface area contributed by atoms with Crippen LogP contribution in [0.4, 0.5) is 10.1 Å². The van der Waals surface area contributed by atoms with Crippen LogP contribution in [-0.2, 0) is 6.42 Å². The number of carboxylic acid groups (broad SMARTS) is 1. The summed E-state index contributed by atoms with van der Waals surface area (Å²) >= 11 is 7.20. The molecule has 0 spiro atoms. The lowest BCUT2D eigenvalue weighted by atomic mass is 10.0. The van der Waals surface area contributed by atoms with Gasteiger partial charge in [0.05, 0.1) is 5.69 Å². The first-order valence-electron chi connectivity index (χ1n) is 9.42. The van der Waals surface area contributed by atoms with E-state index in [1.807, 2.05) is 30.3 Å². The maximum atomic E-state index is 13.3. The number of nitrogens with zero attached hydrogens (tertiary/aromatic N) is 1. The molecule has 0 aliphatic heterocycles. The standard InChI is InChI=1S/C23H23ClFNO2S/c1-14(2)26(15(3)12-16-4-8-18(24)9-5-16)20-13-21(29-22(20)23(27)28)17-6-10-19(25)11-7-17/h4-11,13-15H,12H2,1-3H3,(H,27,28). The predicted octanol–water partition coefficient (Wildman–Crippen LogP) is 6.75. The van der Waals surface area contributed by atoms with E-state index >= 15 is 0 Å². The van der Waals surface area contributed by atoms with Crippen molar-refractivity contribution in [2.45, 2.75) is 39.3 Å². The van der Waals surface area contributed by atoms with Gasteiger partial charge in [-0.2, -0.15) is 0 Å². The van der Waals surface area contributed by atoms with Gasteiger partial charge in [-0.1, -0.05) is 35.9 Å². The van der Waals surface area contributed by atoms with E-state index in [9.17, 15) is 14.3 Å². The smallest absolute Gasteiger partial charge is 0.348 e. The minimum atomic E-state index is -0.956. The van der Waals surface area contributed by atoms with Crippen molar-refractivity contribution < 1.29 is 14.3 Å². The Balaban J connectivity index is 1.98. The Morgan fingerprint density at radius 1 is 1.10 bits per heavy atom. The highest BCUT2D eigenvalue weighted by Gasteiger charge is 2.26. The van der Waals surface area contributed by atoms with Crippen LogP contribution in [0.2, 0.25) is 5.02 Å². The summed E-state index contributed by atoms with van der Waals surface area (Å²) in [5.74, 6) is -1.27. The third-order valence-electron chi connectivity index (χ3n) is 4.79. The minimum absolute atomic E-state index is 0.0740. The van der Waals surface area contributed by atoms with Crippen LogP contribution >= 0.6 is 22.9 Å². The van der Waals surface area contributed by atoms with Gasteiger partial charge in [-0.3, -0.25) is 0 Å². The average molecular weight is 432 g/mol. The molecule has 2 aromatic carbocycles. The molecule has 1 atom stereocenters. The highest BCUT2D eigenvalue weighted by molar-refractivity contribution is 7.18. The van der Waals surface area contributed by atoms with Gasteiger partial charge in [-0.25, -0.2) is 9.18 Å². The monoisotopic (exact) mass is 431 g/mol. The molecule has 0 amide bonds. The zero-order valence-electron chi connectivity index (χ0n) is 16.5. The summed E-state index contributed by atoms with van der Waals surface area (Å²) in [6.07, 6.45) is 0.760. The molecule has 0 bridgehead atoms. The number of anilines is 1. The molecular formula is C23H23ClFNO2S. The second kappa shape index (κ2) is 8.97. The quantitative estimate of drug-likeness (QED) is 0.449. The summed E-state index contributed by atoms with van der Waals surface area (Å²) in [4.78, 5) is 15.2. The molecule has 3 nitrogen and oxygen atoms in total. The minimum Gasteiger partial charge on any atom is -0.477 e. The largest absolute Gasteiger partial charge is 0.477 e. The third-order valence-corrected chi connectivity index (χ3v) is 6.20. The van der Waals surface area contributed by atoms with Crippen LogP contribution in [0.15, 0.2) is 54.6 Å². The first-order chi connectivity index (χ1) is 13.8. The molecule has 1 aromatic heterocycles. The van der Waals surface area contributed by atoms with Crippen LogP contribution in [-0.4, -0.2) is 23.2 Å². The Hall–Kier alpha value is -2.37. The van der Waals surface area contributed by atoms with Gasteiger partial charge in [0.25, 0.3) is 0 Å². The Morgan fingerprint density at radius 2 is 1.72 bits per heavy atom. The van der Waals surface area contributed by atoms with Crippen molar-refractivity contribution in [3.63, 3.8) is 0 Å². The molecule has 29 heavy (non-hydrogen) atoms. The summed E-state index contributed by atoms with van der Waals surface area (Å²) in [6, 6.07) is 15.9. The molecule has 152 valence electrons. The first kappa shape index (κ1) is 21.3. The lowest BCUT2D eigenvalue weighted by Crippen LogP contribution is -2.40. The van der Waals surface area contributed by atoms with Gasteiger partial charge in [0.15, 0.2) is 0 Å². The zero-order valence-corrected chi connectivity index (χ0v) is 18.1. The van der Waals surface area contributed by atoms with Crippen molar-refractivity contribution in [1.82, 2.24) is 0 Å². The van der Waals surface area contributed by atoms with Crippen LogP contribution in [0.25, 0.3) is 10.4 Å². The fraction of sp³-hybridized carbons (Fsp3) is 0.261. The second-order valence-electron chi connectivity index (χ2n) is 7.32. The van der Waals surface area contributed by atoms with E-state index in [2.05, 4.69) is 25.7 Å². The Labute approximate surface area is 179 Å². The molecule has 1 unspecified atom stereocenters. The van der Waals surface area contributed by atoms with Gasteiger partial charge in [0.1, 0.15) is 10.7 Å². The van der Waals surface area contributed by atoms with Crippen molar-refractivity contribution in [2.24, 2.45) is 0 Å². The van der Waals surface area contributed by atoms with E-state index in [1.165, 1.54) is 23.5 Å². The summed E-state index contributed by atoms with van der Waals surface area (Å²) in [5.41, 5.74) is 2.64. The van der Waals surface area contributed by atoms with Crippen molar-refractivity contribution >= 4 is 34.6 Å². The number of benzene rings is 2. The molecule has 0 aliphatic carbocycles. The third kappa shape index (κ3) is 4.98. The second-order valence-corrected chi connectivity index (χ2v) is 8.81. The lowest BCUT2D eigenvalue weighted by molar-refractivity contribution is 0.0702. The molecule has 0 saturated carbocycles. The number of rotatable bonds is 7. The molecule has 1 N–H and O–H groups in total. The van der Waals surface area contributed by atoms with Crippen LogP contribution in [0, 0.1) is 5.82 Å². The molecule has 0 saturated heterocycles. The highest BCUT2D eigenvalue weighted by atomic mass is 35.5. The van der Waals surface area contributed by atoms with Crippen molar-refractivity contribution in [3.8, 4) is 10.4 Å². The zero-order chi connectivity index (χ0) is 21.1. The summed E-state index contributed by atoms with van der Waals surface area (Å²) in [5, 5.41) is 10.5. The maximum absolute atomic E-state index is 13.3. The molecule has 6 heteroatoms. The van der Waals surface area contributed by atoms with Gasteiger partial charge in [0, 0.05) is 22.0 Å². The molecule has 3 aromatic rings. The molecule has 3 rings (SSSR count). The fourth-order valence-electron chi connectivity index (χ4n) is 3.57. The summed E-state index contributed by atoms with van der Waals surface area (Å²) < 4.78 is 13.3. The molecule has 0 fully saturated rings. The topological polar surface area (TPSA) is 40.5 Å². The average Bonchev–Trinajstić information content (AvgIpc) is 3.09. The van der Waals surface area contributed by atoms with Crippen molar-refractivity contribution in [1.29, 1.82) is 0 Å². The van der Waals surface area contributed by atoms with Crippen LogP contribution < -0.4 is 4.90 Å². The van der Waals surface area contributed by atoms with Crippen LogP contribution in [0.5, 0.6) is 0 Å². The van der Waals surface area contributed by atoms with Crippen LogP contribution in [0.3, 0.4) is 0 Å². The molecule has 1 heterocycles. The number of aromatic carboxylic acids is 1. The lowest BCUT2D eigenvalue weighted by Gasteiger charge is -2.35. The van der Waals surface area contributed by atoms with E-state index in [1.54, 1.807) is 12.1 Å². The fourth-order valence-corrected chi connectivity index (χ4v) is 4.69. The molecule has 0 radical (unpaired) electrons.